The molecule has 2 rings (SSSR count). The van der Waals surface area contributed by atoms with Crippen molar-refractivity contribution in [3.05, 3.63) is 22.7 Å². The molecule has 1 amide bonds. The zero-order valence-corrected chi connectivity index (χ0v) is 13.5. The Morgan fingerprint density at radius 2 is 1.67 bits per heavy atom. The molecule has 0 radical (unpaired) electrons. The van der Waals surface area contributed by atoms with Crippen molar-refractivity contribution < 1.29 is 32.2 Å². The third-order valence-electron chi connectivity index (χ3n) is 2.81. The molecule has 0 saturated heterocycles. The summed E-state index contributed by atoms with van der Waals surface area (Å²) >= 11 is 0.224. The van der Waals surface area contributed by atoms with Gasteiger partial charge in [0.2, 0.25) is 15.9 Å². The minimum Gasteiger partial charge on any atom is -0.493 e. The summed E-state index contributed by atoms with van der Waals surface area (Å²) in [6.07, 6.45) is -4.62. The first-order valence-corrected chi connectivity index (χ1v) is 7.13. The molecule has 130 valence electrons. The fourth-order valence-electron chi connectivity index (χ4n) is 1.77. The van der Waals surface area contributed by atoms with Gasteiger partial charge in [0.1, 0.15) is 0 Å². The van der Waals surface area contributed by atoms with E-state index in [9.17, 15) is 18.0 Å². The Balaban J connectivity index is 2.28. The number of alkyl halides is 3. The highest BCUT2D eigenvalue weighted by molar-refractivity contribution is 7.15. The molecule has 0 aliphatic heterocycles. The summed E-state index contributed by atoms with van der Waals surface area (Å²) in [7, 11) is 4.15. The summed E-state index contributed by atoms with van der Waals surface area (Å²) < 4.78 is 52.8. The predicted octanol–water partition coefficient (Wildman–Crippen LogP) is 2.84. The first-order chi connectivity index (χ1) is 11.3. The maximum absolute atomic E-state index is 12.5. The molecule has 7 nitrogen and oxygen atoms in total. The summed E-state index contributed by atoms with van der Waals surface area (Å²) in [5.74, 6) is 0.0523. The largest absolute Gasteiger partial charge is 0.493 e. The summed E-state index contributed by atoms with van der Waals surface area (Å²) in [5, 5.41) is 7.10. The average molecular weight is 363 g/mol. The van der Waals surface area contributed by atoms with Crippen molar-refractivity contribution in [3.63, 3.8) is 0 Å². The van der Waals surface area contributed by atoms with Gasteiger partial charge in [-0.1, -0.05) is 11.3 Å². The van der Waals surface area contributed by atoms with Crippen LogP contribution in [0, 0.1) is 0 Å². The van der Waals surface area contributed by atoms with Crippen molar-refractivity contribution >= 4 is 22.4 Å². The van der Waals surface area contributed by atoms with Crippen LogP contribution in [0.4, 0.5) is 18.3 Å². The van der Waals surface area contributed by atoms with E-state index >= 15 is 0 Å². The third-order valence-corrected chi connectivity index (χ3v) is 3.70. The number of carbonyl (C=O) groups excluding carboxylic acids is 1. The Hall–Kier alpha value is -2.56. The summed E-state index contributed by atoms with van der Waals surface area (Å²) in [5.41, 5.74) is 0.0910. The Labute approximate surface area is 138 Å². The molecule has 0 fully saturated rings. The van der Waals surface area contributed by atoms with Gasteiger partial charge in [0, 0.05) is 5.56 Å². The van der Waals surface area contributed by atoms with Crippen molar-refractivity contribution in [2.24, 2.45) is 0 Å². The van der Waals surface area contributed by atoms with Crippen LogP contribution >= 0.6 is 11.3 Å². The molecule has 1 N–H and O–H groups in total. The van der Waals surface area contributed by atoms with Crippen LogP contribution in [0.25, 0.3) is 0 Å². The van der Waals surface area contributed by atoms with Gasteiger partial charge in [0.05, 0.1) is 21.3 Å². The fourth-order valence-corrected chi connectivity index (χ4v) is 2.38. The van der Waals surface area contributed by atoms with E-state index in [-0.39, 0.29) is 39.3 Å². The van der Waals surface area contributed by atoms with E-state index < -0.39 is 17.1 Å². The lowest BCUT2D eigenvalue weighted by atomic mass is 10.1. The topological polar surface area (TPSA) is 82.6 Å². The van der Waals surface area contributed by atoms with E-state index in [0.29, 0.717) is 0 Å². The fraction of sp³-hybridized carbons (Fsp3) is 0.308. The highest BCUT2D eigenvalue weighted by Crippen LogP contribution is 2.38. The van der Waals surface area contributed by atoms with Gasteiger partial charge in [0.25, 0.3) is 5.91 Å². The predicted molar refractivity (Wildman–Crippen MR) is 79.0 cm³/mol. The van der Waals surface area contributed by atoms with Gasteiger partial charge < -0.3 is 14.2 Å². The van der Waals surface area contributed by atoms with E-state index in [1.807, 2.05) is 0 Å². The van der Waals surface area contributed by atoms with Gasteiger partial charge >= 0.3 is 6.18 Å². The Morgan fingerprint density at radius 1 is 1.08 bits per heavy atom. The molecule has 1 aromatic heterocycles. The minimum absolute atomic E-state index is 0.0910. The molecule has 24 heavy (non-hydrogen) atoms. The van der Waals surface area contributed by atoms with Gasteiger partial charge in [0.15, 0.2) is 11.5 Å². The number of anilines is 1. The number of nitrogens with one attached hydrogen (secondary N) is 1. The van der Waals surface area contributed by atoms with Gasteiger partial charge in [-0.05, 0) is 12.1 Å². The molecule has 0 aliphatic rings. The van der Waals surface area contributed by atoms with Crippen LogP contribution in [0.15, 0.2) is 12.1 Å². The van der Waals surface area contributed by atoms with Crippen molar-refractivity contribution in [1.29, 1.82) is 0 Å². The minimum atomic E-state index is -4.62. The highest BCUT2D eigenvalue weighted by Gasteiger charge is 2.35. The molecule has 0 atom stereocenters. The maximum atomic E-state index is 12.5. The molecule has 11 heteroatoms. The number of nitrogens with zero attached hydrogens (tertiary/aromatic N) is 2. The van der Waals surface area contributed by atoms with Crippen LogP contribution in [0.3, 0.4) is 0 Å². The van der Waals surface area contributed by atoms with E-state index in [4.69, 9.17) is 14.2 Å². The van der Waals surface area contributed by atoms with Crippen LogP contribution in [-0.2, 0) is 6.18 Å². The van der Waals surface area contributed by atoms with Crippen molar-refractivity contribution in [1.82, 2.24) is 10.2 Å². The second-order valence-electron chi connectivity index (χ2n) is 4.28. The van der Waals surface area contributed by atoms with Crippen LogP contribution < -0.4 is 19.5 Å². The zero-order valence-electron chi connectivity index (χ0n) is 12.7. The van der Waals surface area contributed by atoms with Crippen molar-refractivity contribution in [2.45, 2.75) is 6.18 Å². The first-order valence-electron chi connectivity index (χ1n) is 6.32. The van der Waals surface area contributed by atoms with Gasteiger partial charge in [-0.15, -0.1) is 10.2 Å². The average Bonchev–Trinajstić information content (AvgIpc) is 3.01. The molecule has 0 bridgehead atoms. The standard InChI is InChI=1S/C13H12F3N3O4S/c1-21-7-4-6(5-8(22-2)9(7)23-3)10(20)17-12-19-18-11(24-12)13(14,15)16/h4-5H,1-3H3,(H,17,19,20). The molecular formula is C13H12F3N3O4S. The number of rotatable bonds is 5. The molecule has 1 heterocycles. The number of carbonyl (C=O) groups is 1. The number of amides is 1. The molecule has 0 unspecified atom stereocenters. The summed E-state index contributed by atoms with van der Waals surface area (Å²) in [6, 6.07) is 2.73. The Morgan fingerprint density at radius 3 is 2.08 bits per heavy atom. The number of methoxy groups -OCH3 is 3. The Bertz CT molecular complexity index is 723. The van der Waals surface area contributed by atoms with Crippen LogP contribution in [0.1, 0.15) is 15.4 Å². The van der Waals surface area contributed by atoms with Crippen molar-refractivity contribution in [2.75, 3.05) is 26.6 Å². The van der Waals surface area contributed by atoms with Gasteiger partial charge in [-0.3, -0.25) is 10.1 Å². The number of benzene rings is 1. The molecule has 0 aliphatic carbocycles. The lowest BCUT2D eigenvalue weighted by Gasteiger charge is -2.13. The zero-order chi connectivity index (χ0) is 17.9. The van der Waals surface area contributed by atoms with Crippen LogP contribution in [0.5, 0.6) is 17.2 Å². The number of ether oxygens (including phenoxy) is 3. The summed E-state index contributed by atoms with van der Waals surface area (Å²) in [4.78, 5) is 12.2. The van der Waals surface area contributed by atoms with Crippen LogP contribution in [-0.4, -0.2) is 37.4 Å². The molecule has 1 aromatic carbocycles. The second kappa shape index (κ2) is 6.91. The Kier molecular flexibility index (Phi) is 5.12. The van der Waals surface area contributed by atoms with Gasteiger partial charge in [-0.25, -0.2) is 0 Å². The number of halogens is 3. The molecule has 0 spiro atoms. The van der Waals surface area contributed by atoms with E-state index in [1.165, 1.54) is 33.5 Å². The lowest BCUT2D eigenvalue weighted by molar-refractivity contribution is -0.138. The second-order valence-corrected chi connectivity index (χ2v) is 5.26. The normalized spacial score (nSPS) is 11.1. The SMILES string of the molecule is COc1cc(C(=O)Nc2nnc(C(F)(F)F)s2)cc(OC)c1OC. The molecular weight excluding hydrogens is 351 g/mol. The molecule has 2 aromatic rings. The smallest absolute Gasteiger partial charge is 0.445 e. The van der Waals surface area contributed by atoms with Crippen LogP contribution in [0.2, 0.25) is 0 Å². The van der Waals surface area contributed by atoms with Crippen molar-refractivity contribution in [3.8, 4) is 17.2 Å². The first kappa shape index (κ1) is 17.8. The monoisotopic (exact) mass is 363 g/mol. The molecule has 0 saturated carbocycles. The quantitative estimate of drug-likeness (QED) is 0.880. The van der Waals surface area contributed by atoms with E-state index in [1.54, 1.807) is 0 Å². The number of aromatic nitrogens is 2. The third kappa shape index (κ3) is 3.67. The number of hydrogen-bond acceptors (Lipinski definition) is 7. The van der Waals surface area contributed by atoms with Gasteiger partial charge in [-0.2, -0.15) is 13.2 Å². The van der Waals surface area contributed by atoms with E-state index in [2.05, 4.69) is 15.5 Å². The maximum Gasteiger partial charge on any atom is 0.445 e. The van der Waals surface area contributed by atoms with E-state index in [0.717, 1.165) is 0 Å². The number of hydrogen-bond donors (Lipinski definition) is 1. The summed E-state index contributed by atoms with van der Waals surface area (Å²) in [6.45, 7) is 0. The highest BCUT2D eigenvalue weighted by atomic mass is 32.1. The lowest BCUT2D eigenvalue weighted by Crippen LogP contribution is -2.12.